The van der Waals surface area contributed by atoms with Gasteiger partial charge in [-0.1, -0.05) is 30.3 Å². The van der Waals surface area contributed by atoms with Gasteiger partial charge in [-0.15, -0.1) is 0 Å². The highest BCUT2D eigenvalue weighted by molar-refractivity contribution is 5.94. The van der Waals surface area contributed by atoms with Crippen molar-refractivity contribution in [3.8, 4) is 0 Å². The second kappa shape index (κ2) is 12.2. The molecule has 4 atom stereocenters. The molecule has 170 valence electrons. The second-order valence-electron chi connectivity index (χ2n) is 6.96. The maximum Gasteiger partial charge on any atom is 0.408 e. The van der Waals surface area contributed by atoms with Gasteiger partial charge in [-0.05, 0) is 33.3 Å². The molecule has 0 aliphatic heterocycles. The first kappa shape index (κ1) is 25.4. The highest BCUT2D eigenvalue weighted by atomic mass is 16.5. The molecule has 11 heteroatoms. The fraction of sp³-hybridized carbons (Fsp3) is 0.450. The number of amides is 4. The number of alkyl carbamates (subject to hydrolysis) is 1. The average Bonchev–Trinajstić information content (AvgIpc) is 2.72. The van der Waals surface area contributed by atoms with Crippen LogP contribution < -0.4 is 21.3 Å². The molecule has 0 saturated heterocycles. The van der Waals surface area contributed by atoms with Crippen LogP contribution in [0.2, 0.25) is 0 Å². The molecule has 0 aromatic heterocycles. The van der Waals surface area contributed by atoms with Crippen molar-refractivity contribution in [2.75, 3.05) is 0 Å². The van der Waals surface area contributed by atoms with Gasteiger partial charge in [0, 0.05) is 0 Å². The number of rotatable bonds is 10. The van der Waals surface area contributed by atoms with Gasteiger partial charge in [0.2, 0.25) is 17.7 Å². The zero-order chi connectivity index (χ0) is 23.6. The number of carbonyl (C=O) groups excluding carboxylic acids is 4. The molecule has 1 rings (SSSR count). The molecule has 4 amide bonds. The summed E-state index contributed by atoms with van der Waals surface area (Å²) in [6.45, 7) is 5.53. The molecule has 0 heterocycles. The fourth-order valence-electron chi connectivity index (χ4n) is 2.22. The number of hydrogen-bond acceptors (Lipinski definition) is 6. The van der Waals surface area contributed by atoms with Crippen molar-refractivity contribution in [2.45, 2.75) is 58.5 Å². The minimum Gasteiger partial charge on any atom is -0.480 e. The van der Waals surface area contributed by atoms with Gasteiger partial charge in [0.15, 0.2) is 0 Å². The Hall–Kier alpha value is -3.63. The number of carboxylic acids is 1. The molecule has 0 unspecified atom stereocenters. The lowest BCUT2D eigenvalue weighted by molar-refractivity contribution is -0.141. The molecule has 0 radical (unpaired) electrons. The first-order valence-electron chi connectivity index (χ1n) is 9.62. The van der Waals surface area contributed by atoms with Gasteiger partial charge in [0.25, 0.3) is 0 Å². The zero-order valence-electron chi connectivity index (χ0n) is 17.8. The van der Waals surface area contributed by atoms with E-state index in [1.165, 1.54) is 27.7 Å². The highest BCUT2D eigenvalue weighted by Crippen LogP contribution is 2.01. The number of aliphatic carboxylic acids is 1. The van der Waals surface area contributed by atoms with Crippen molar-refractivity contribution < 1.29 is 33.8 Å². The lowest BCUT2D eigenvalue weighted by Gasteiger charge is -2.21. The van der Waals surface area contributed by atoms with E-state index in [9.17, 15) is 24.0 Å². The molecule has 0 aliphatic rings. The largest absolute Gasteiger partial charge is 0.480 e. The van der Waals surface area contributed by atoms with Crippen LogP contribution in [-0.4, -0.2) is 59.1 Å². The normalized spacial score (nSPS) is 14.2. The molecular weight excluding hydrogens is 408 g/mol. The Morgan fingerprint density at radius 1 is 0.742 bits per heavy atom. The predicted octanol–water partition coefficient (Wildman–Crippen LogP) is -0.1000. The summed E-state index contributed by atoms with van der Waals surface area (Å²) in [7, 11) is 0. The van der Waals surface area contributed by atoms with Gasteiger partial charge in [0.05, 0.1) is 0 Å². The number of ether oxygens (including phenoxy) is 1. The number of carbonyl (C=O) groups is 5. The van der Waals surface area contributed by atoms with E-state index >= 15 is 0 Å². The predicted molar refractivity (Wildman–Crippen MR) is 110 cm³/mol. The third-order valence-corrected chi connectivity index (χ3v) is 4.17. The zero-order valence-corrected chi connectivity index (χ0v) is 17.8. The topological polar surface area (TPSA) is 163 Å². The molecule has 0 aliphatic carbocycles. The van der Waals surface area contributed by atoms with Crippen LogP contribution in [-0.2, 0) is 30.5 Å². The Morgan fingerprint density at radius 3 is 1.61 bits per heavy atom. The van der Waals surface area contributed by atoms with Crippen LogP contribution in [0.5, 0.6) is 0 Å². The molecule has 31 heavy (non-hydrogen) atoms. The van der Waals surface area contributed by atoms with Crippen LogP contribution in [0.4, 0.5) is 4.79 Å². The molecule has 1 aromatic carbocycles. The Balaban J connectivity index is 2.43. The van der Waals surface area contributed by atoms with Crippen molar-refractivity contribution >= 4 is 29.8 Å². The van der Waals surface area contributed by atoms with Gasteiger partial charge < -0.3 is 31.1 Å². The minimum atomic E-state index is -1.21. The standard InChI is InChI=1S/C20H28N4O7/c1-11(16(25)21-12(2)17(26)23-14(4)19(28)29)22-18(27)13(3)24-20(30)31-10-15-8-6-5-7-9-15/h5-9,11-14H,10H2,1-4H3,(H,21,25)(H,22,27)(H,23,26)(H,24,30)(H,28,29)/t11-,12-,13-,14-/m0/s1. The summed E-state index contributed by atoms with van der Waals surface area (Å²) in [5.41, 5.74) is 0.788. The second-order valence-corrected chi connectivity index (χ2v) is 6.96. The highest BCUT2D eigenvalue weighted by Gasteiger charge is 2.25. The summed E-state index contributed by atoms with van der Waals surface area (Å²) in [6, 6.07) is 4.89. The molecule has 0 spiro atoms. The van der Waals surface area contributed by atoms with E-state index in [0.29, 0.717) is 0 Å². The Bertz CT molecular complexity index is 800. The van der Waals surface area contributed by atoms with Crippen molar-refractivity contribution in [3.05, 3.63) is 35.9 Å². The minimum absolute atomic E-state index is 0.0419. The summed E-state index contributed by atoms with van der Waals surface area (Å²) in [5.74, 6) is -3.18. The van der Waals surface area contributed by atoms with Gasteiger partial charge in [-0.3, -0.25) is 19.2 Å². The third kappa shape index (κ3) is 9.15. The van der Waals surface area contributed by atoms with E-state index in [4.69, 9.17) is 9.84 Å². The molecule has 11 nitrogen and oxygen atoms in total. The molecule has 0 bridgehead atoms. The van der Waals surface area contributed by atoms with Crippen LogP contribution in [0.25, 0.3) is 0 Å². The molecule has 0 fully saturated rings. The van der Waals surface area contributed by atoms with Crippen LogP contribution in [0.3, 0.4) is 0 Å². The van der Waals surface area contributed by atoms with Crippen molar-refractivity contribution in [2.24, 2.45) is 0 Å². The average molecular weight is 436 g/mol. The lowest BCUT2D eigenvalue weighted by Crippen LogP contribution is -2.55. The van der Waals surface area contributed by atoms with E-state index < -0.39 is 54.0 Å². The molecule has 1 aromatic rings. The van der Waals surface area contributed by atoms with Crippen molar-refractivity contribution in [1.82, 2.24) is 21.3 Å². The van der Waals surface area contributed by atoms with E-state index in [1.54, 1.807) is 24.3 Å². The number of nitrogens with one attached hydrogen (secondary N) is 4. The van der Waals surface area contributed by atoms with Crippen molar-refractivity contribution in [3.63, 3.8) is 0 Å². The summed E-state index contributed by atoms with van der Waals surface area (Å²) in [5, 5.41) is 18.2. The van der Waals surface area contributed by atoms with Crippen LogP contribution in [0, 0.1) is 0 Å². The Morgan fingerprint density at radius 2 is 1.16 bits per heavy atom. The monoisotopic (exact) mass is 436 g/mol. The Kier molecular flexibility index (Phi) is 9.96. The van der Waals surface area contributed by atoms with E-state index in [0.717, 1.165) is 5.56 Å². The van der Waals surface area contributed by atoms with Gasteiger partial charge in [0.1, 0.15) is 30.8 Å². The van der Waals surface area contributed by atoms with E-state index in [-0.39, 0.29) is 6.61 Å². The summed E-state index contributed by atoms with van der Waals surface area (Å²) in [4.78, 5) is 58.9. The van der Waals surface area contributed by atoms with Crippen molar-refractivity contribution in [1.29, 1.82) is 0 Å². The lowest BCUT2D eigenvalue weighted by atomic mass is 10.2. The number of carboxylic acid groups (broad SMARTS) is 1. The van der Waals surface area contributed by atoms with Crippen LogP contribution >= 0.6 is 0 Å². The van der Waals surface area contributed by atoms with E-state index in [2.05, 4.69) is 21.3 Å². The van der Waals surface area contributed by atoms with Crippen LogP contribution in [0.15, 0.2) is 30.3 Å². The summed E-state index contributed by atoms with van der Waals surface area (Å²) < 4.78 is 5.03. The SMILES string of the molecule is C[C@H](NC(=O)[C@H](C)NC(=O)[C@H](C)NC(=O)[C@H](C)NC(=O)OCc1ccccc1)C(=O)O. The molecular formula is C20H28N4O7. The Labute approximate surface area is 179 Å². The summed E-state index contributed by atoms with van der Waals surface area (Å²) >= 11 is 0. The van der Waals surface area contributed by atoms with Gasteiger partial charge in [-0.2, -0.15) is 0 Å². The van der Waals surface area contributed by atoms with Gasteiger partial charge >= 0.3 is 12.1 Å². The fourth-order valence-corrected chi connectivity index (χ4v) is 2.22. The molecule has 5 N–H and O–H groups in total. The number of hydrogen-bond donors (Lipinski definition) is 5. The molecule has 0 saturated carbocycles. The summed E-state index contributed by atoms with van der Waals surface area (Å²) in [6.07, 6.45) is -0.790. The number of benzene rings is 1. The third-order valence-electron chi connectivity index (χ3n) is 4.17. The smallest absolute Gasteiger partial charge is 0.408 e. The van der Waals surface area contributed by atoms with E-state index in [1.807, 2.05) is 6.07 Å². The maximum absolute atomic E-state index is 12.2. The first-order valence-corrected chi connectivity index (χ1v) is 9.62. The van der Waals surface area contributed by atoms with Crippen LogP contribution in [0.1, 0.15) is 33.3 Å². The maximum atomic E-state index is 12.2. The first-order chi connectivity index (χ1) is 14.5. The van der Waals surface area contributed by atoms with Gasteiger partial charge in [-0.25, -0.2) is 4.79 Å². The quantitative estimate of drug-likeness (QED) is 0.342.